The number of aryl methyl sites for hydroxylation is 1. The van der Waals surface area contributed by atoms with Crippen molar-refractivity contribution in [1.29, 1.82) is 0 Å². The minimum absolute atomic E-state index is 0.717. The van der Waals surface area contributed by atoms with Crippen LogP contribution in [0.15, 0.2) is 6.07 Å². The second-order valence-corrected chi connectivity index (χ2v) is 6.23. The SMILES string of the molecule is CCC1CCC(NCc2cc(C)n(CC)c2C)C1C. The first-order chi connectivity index (χ1) is 9.08. The molecule has 2 rings (SSSR count). The number of nitrogens with zero attached hydrogens (tertiary/aromatic N) is 1. The fourth-order valence-corrected chi connectivity index (χ4v) is 3.89. The van der Waals surface area contributed by atoms with Crippen molar-refractivity contribution in [3.8, 4) is 0 Å². The maximum atomic E-state index is 3.80. The van der Waals surface area contributed by atoms with E-state index in [-0.39, 0.29) is 0 Å². The Labute approximate surface area is 118 Å². The molecule has 2 heteroatoms. The van der Waals surface area contributed by atoms with E-state index in [1.807, 2.05) is 0 Å². The molecule has 0 amide bonds. The molecule has 1 saturated carbocycles. The van der Waals surface area contributed by atoms with Gasteiger partial charge in [0.05, 0.1) is 0 Å². The van der Waals surface area contributed by atoms with Gasteiger partial charge < -0.3 is 9.88 Å². The molecule has 1 aromatic rings. The van der Waals surface area contributed by atoms with Gasteiger partial charge in [-0.3, -0.25) is 0 Å². The Balaban J connectivity index is 1.96. The Kier molecular flexibility index (Phi) is 4.72. The molecule has 1 fully saturated rings. The molecule has 19 heavy (non-hydrogen) atoms. The molecule has 1 aliphatic rings. The van der Waals surface area contributed by atoms with Crippen molar-refractivity contribution >= 4 is 0 Å². The summed E-state index contributed by atoms with van der Waals surface area (Å²) >= 11 is 0. The van der Waals surface area contributed by atoms with Gasteiger partial charge >= 0.3 is 0 Å². The largest absolute Gasteiger partial charge is 0.349 e. The van der Waals surface area contributed by atoms with E-state index in [9.17, 15) is 0 Å². The molecule has 1 N–H and O–H groups in total. The van der Waals surface area contributed by atoms with Crippen LogP contribution in [0.1, 0.15) is 57.0 Å². The van der Waals surface area contributed by atoms with Crippen LogP contribution in [-0.2, 0) is 13.1 Å². The number of rotatable bonds is 5. The molecule has 108 valence electrons. The van der Waals surface area contributed by atoms with E-state index in [1.165, 1.54) is 36.2 Å². The van der Waals surface area contributed by atoms with Crippen molar-refractivity contribution in [2.75, 3.05) is 0 Å². The number of hydrogen-bond donors (Lipinski definition) is 1. The second kappa shape index (κ2) is 6.13. The normalized spacial score (nSPS) is 27.1. The van der Waals surface area contributed by atoms with E-state index in [0.717, 1.165) is 31.0 Å². The lowest BCUT2D eigenvalue weighted by Gasteiger charge is -2.21. The molecule has 0 spiro atoms. The minimum atomic E-state index is 0.717. The standard InChI is InChI=1S/C17H30N2/c1-6-15-8-9-17(13(15)4)18-11-16-10-12(3)19(7-2)14(16)5/h10,13,15,17-18H,6-9,11H2,1-5H3. The highest BCUT2D eigenvalue weighted by Gasteiger charge is 2.31. The highest BCUT2D eigenvalue weighted by molar-refractivity contribution is 5.26. The van der Waals surface area contributed by atoms with Crippen molar-refractivity contribution in [1.82, 2.24) is 9.88 Å². The molecule has 0 saturated heterocycles. The van der Waals surface area contributed by atoms with Gasteiger partial charge in [0.2, 0.25) is 0 Å². The quantitative estimate of drug-likeness (QED) is 0.847. The van der Waals surface area contributed by atoms with Gasteiger partial charge in [-0.2, -0.15) is 0 Å². The molecule has 3 unspecified atom stereocenters. The Bertz CT molecular complexity index is 419. The first-order valence-electron chi connectivity index (χ1n) is 7.97. The van der Waals surface area contributed by atoms with Crippen molar-refractivity contribution in [3.63, 3.8) is 0 Å². The monoisotopic (exact) mass is 262 g/mol. The Morgan fingerprint density at radius 2 is 2.00 bits per heavy atom. The molecule has 1 aromatic heterocycles. The molecule has 1 heterocycles. The fraction of sp³-hybridized carbons (Fsp3) is 0.765. The third kappa shape index (κ3) is 2.89. The third-order valence-corrected chi connectivity index (χ3v) is 5.30. The van der Waals surface area contributed by atoms with Crippen molar-refractivity contribution in [2.45, 2.75) is 73.0 Å². The van der Waals surface area contributed by atoms with Crippen LogP contribution in [0.3, 0.4) is 0 Å². The lowest BCUT2D eigenvalue weighted by atomic mass is 9.93. The summed E-state index contributed by atoms with van der Waals surface area (Å²) in [4.78, 5) is 0. The van der Waals surface area contributed by atoms with Crippen LogP contribution in [0.4, 0.5) is 0 Å². The zero-order chi connectivity index (χ0) is 14.0. The van der Waals surface area contributed by atoms with Gasteiger partial charge in [0.25, 0.3) is 0 Å². The van der Waals surface area contributed by atoms with Crippen LogP contribution in [0, 0.1) is 25.7 Å². The summed E-state index contributed by atoms with van der Waals surface area (Å²) in [6, 6.07) is 3.07. The Morgan fingerprint density at radius 3 is 2.53 bits per heavy atom. The van der Waals surface area contributed by atoms with Crippen LogP contribution < -0.4 is 5.32 Å². The van der Waals surface area contributed by atoms with Gasteiger partial charge in [0, 0.05) is 30.5 Å². The van der Waals surface area contributed by atoms with Crippen LogP contribution in [0.25, 0.3) is 0 Å². The van der Waals surface area contributed by atoms with Gasteiger partial charge in [-0.1, -0.05) is 20.3 Å². The van der Waals surface area contributed by atoms with E-state index in [2.05, 4.69) is 50.6 Å². The summed E-state index contributed by atoms with van der Waals surface area (Å²) in [5, 5.41) is 3.80. The van der Waals surface area contributed by atoms with E-state index in [1.54, 1.807) is 0 Å². The summed E-state index contributed by atoms with van der Waals surface area (Å²) in [6.07, 6.45) is 4.10. The molecule has 0 bridgehead atoms. The Hall–Kier alpha value is -0.760. The van der Waals surface area contributed by atoms with Crippen molar-refractivity contribution in [3.05, 3.63) is 23.0 Å². The first kappa shape index (κ1) is 14.6. The van der Waals surface area contributed by atoms with Gasteiger partial charge in [-0.25, -0.2) is 0 Å². The zero-order valence-electron chi connectivity index (χ0n) is 13.3. The topological polar surface area (TPSA) is 17.0 Å². The first-order valence-corrected chi connectivity index (χ1v) is 7.97. The summed E-state index contributed by atoms with van der Waals surface area (Å²) < 4.78 is 2.41. The smallest absolute Gasteiger partial charge is 0.0226 e. The predicted molar refractivity (Wildman–Crippen MR) is 82.4 cm³/mol. The molecular weight excluding hydrogens is 232 g/mol. The lowest BCUT2D eigenvalue weighted by molar-refractivity contribution is 0.344. The highest BCUT2D eigenvalue weighted by atomic mass is 15.0. The Morgan fingerprint density at radius 1 is 1.26 bits per heavy atom. The minimum Gasteiger partial charge on any atom is -0.349 e. The summed E-state index contributed by atoms with van der Waals surface area (Å²) in [5.74, 6) is 1.76. The molecular formula is C17H30N2. The third-order valence-electron chi connectivity index (χ3n) is 5.30. The summed E-state index contributed by atoms with van der Waals surface area (Å²) in [6.45, 7) is 13.6. The van der Waals surface area contributed by atoms with Crippen LogP contribution in [0.2, 0.25) is 0 Å². The van der Waals surface area contributed by atoms with E-state index in [4.69, 9.17) is 0 Å². The second-order valence-electron chi connectivity index (χ2n) is 6.23. The molecule has 0 aromatic carbocycles. The predicted octanol–water partition coefficient (Wildman–Crippen LogP) is 4.04. The van der Waals surface area contributed by atoms with E-state index >= 15 is 0 Å². The maximum absolute atomic E-state index is 3.80. The lowest BCUT2D eigenvalue weighted by Crippen LogP contribution is -2.32. The highest BCUT2D eigenvalue weighted by Crippen LogP contribution is 2.34. The average Bonchev–Trinajstić information content (AvgIpc) is 2.88. The van der Waals surface area contributed by atoms with Crippen LogP contribution in [0.5, 0.6) is 0 Å². The summed E-state index contributed by atoms with van der Waals surface area (Å²) in [7, 11) is 0. The van der Waals surface area contributed by atoms with Crippen LogP contribution >= 0.6 is 0 Å². The molecule has 2 nitrogen and oxygen atoms in total. The van der Waals surface area contributed by atoms with E-state index in [0.29, 0.717) is 0 Å². The maximum Gasteiger partial charge on any atom is 0.0226 e. The van der Waals surface area contributed by atoms with Gasteiger partial charge in [0.15, 0.2) is 0 Å². The fourth-order valence-electron chi connectivity index (χ4n) is 3.89. The molecule has 3 atom stereocenters. The number of aromatic nitrogens is 1. The number of nitrogens with one attached hydrogen (secondary N) is 1. The van der Waals surface area contributed by atoms with E-state index < -0.39 is 0 Å². The van der Waals surface area contributed by atoms with Gasteiger partial charge in [-0.15, -0.1) is 0 Å². The average molecular weight is 262 g/mol. The van der Waals surface area contributed by atoms with Crippen molar-refractivity contribution in [2.24, 2.45) is 11.8 Å². The van der Waals surface area contributed by atoms with Crippen molar-refractivity contribution < 1.29 is 0 Å². The molecule has 0 aliphatic heterocycles. The molecule has 1 aliphatic carbocycles. The zero-order valence-corrected chi connectivity index (χ0v) is 13.3. The number of hydrogen-bond acceptors (Lipinski definition) is 1. The summed E-state index contributed by atoms with van der Waals surface area (Å²) in [5.41, 5.74) is 4.30. The van der Waals surface area contributed by atoms with Crippen LogP contribution in [-0.4, -0.2) is 10.6 Å². The van der Waals surface area contributed by atoms with Gasteiger partial charge in [-0.05, 0) is 57.1 Å². The molecule has 0 radical (unpaired) electrons. The van der Waals surface area contributed by atoms with Gasteiger partial charge in [0.1, 0.15) is 0 Å².